The first kappa shape index (κ1) is 23.4. The Morgan fingerprint density at radius 3 is 2.42 bits per heavy atom. The van der Waals surface area contributed by atoms with E-state index in [1.54, 1.807) is 35.0 Å². The third-order valence-electron chi connectivity index (χ3n) is 5.04. The van der Waals surface area contributed by atoms with Crippen LogP contribution >= 0.6 is 39.1 Å². The number of carbonyl (C=O) groups is 1. The lowest BCUT2D eigenvalue weighted by Gasteiger charge is -2.09. The van der Waals surface area contributed by atoms with Crippen LogP contribution in [0.15, 0.2) is 77.3 Å². The lowest BCUT2D eigenvalue weighted by molar-refractivity contribution is 0.102. The van der Waals surface area contributed by atoms with E-state index in [0.29, 0.717) is 34.6 Å². The Morgan fingerprint density at radius 2 is 1.73 bits per heavy atom. The monoisotopic (exact) mass is 543 g/mol. The molecule has 1 amide bonds. The van der Waals surface area contributed by atoms with Crippen molar-refractivity contribution >= 4 is 50.9 Å². The largest absolute Gasteiger partial charge is 0.488 e. The SMILES string of the molecule is Cc1cc(NC(=O)c2ccc(COc3ccccc3Br)cc2)nn1Cc1c(Cl)cccc1Cl. The van der Waals surface area contributed by atoms with E-state index < -0.39 is 0 Å². The van der Waals surface area contributed by atoms with Gasteiger partial charge in [0.05, 0.1) is 11.0 Å². The maximum Gasteiger partial charge on any atom is 0.256 e. The molecule has 1 heterocycles. The van der Waals surface area contributed by atoms with Crippen LogP contribution < -0.4 is 10.1 Å². The third kappa shape index (κ3) is 5.77. The molecule has 33 heavy (non-hydrogen) atoms. The summed E-state index contributed by atoms with van der Waals surface area (Å²) in [5.41, 5.74) is 3.14. The second-order valence-corrected chi connectivity index (χ2v) is 9.07. The number of hydrogen-bond acceptors (Lipinski definition) is 3. The first-order valence-corrected chi connectivity index (χ1v) is 11.7. The number of amides is 1. The van der Waals surface area contributed by atoms with Gasteiger partial charge in [-0.25, -0.2) is 0 Å². The summed E-state index contributed by atoms with van der Waals surface area (Å²) in [6.45, 7) is 2.72. The van der Waals surface area contributed by atoms with Crippen LogP contribution in [0.1, 0.15) is 27.2 Å². The number of carbonyl (C=O) groups excluding carboxylic acids is 1. The molecule has 0 bridgehead atoms. The van der Waals surface area contributed by atoms with Gasteiger partial charge < -0.3 is 10.1 Å². The molecule has 0 aliphatic heterocycles. The molecular weight excluding hydrogens is 525 g/mol. The minimum atomic E-state index is -0.242. The van der Waals surface area contributed by atoms with Crippen LogP contribution in [0.2, 0.25) is 10.0 Å². The molecule has 1 aromatic heterocycles. The molecule has 0 aliphatic rings. The average Bonchev–Trinajstić information content (AvgIpc) is 3.14. The van der Waals surface area contributed by atoms with E-state index in [4.69, 9.17) is 27.9 Å². The fourth-order valence-corrected chi connectivity index (χ4v) is 4.14. The van der Waals surface area contributed by atoms with E-state index in [9.17, 15) is 4.79 Å². The summed E-state index contributed by atoms with van der Waals surface area (Å²) in [5.74, 6) is 0.985. The van der Waals surface area contributed by atoms with Gasteiger partial charge in [0.25, 0.3) is 5.91 Å². The molecule has 0 spiro atoms. The molecule has 3 aromatic carbocycles. The van der Waals surface area contributed by atoms with Crippen molar-refractivity contribution in [2.75, 3.05) is 5.32 Å². The summed E-state index contributed by atoms with van der Waals surface area (Å²) in [6.07, 6.45) is 0. The van der Waals surface area contributed by atoms with Crippen LogP contribution in [-0.2, 0) is 13.2 Å². The fraction of sp³-hybridized carbons (Fsp3) is 0.120. The Bertz CT molecular complexity index is 1270. The Balaban J connectivity index is 1.39. The molecule has 0 radical (unpaired) electrons. The summed E-state index contributed by atoms with van der Waals surface area (Å²) in [6, 6.07) is 22.1. The molecule has 1 N–H and O–H groups in total. The molecule has 4 rings (SSSR count). The maximum absolute atomic E-state index is 12.7. The molecule has 4 aromatic rings. The summed E-state index contributed by atoms with van der Waals surface area (Å²) < 4.78 is 8.47. The number of anilines is 1. The number of halogens is 3. The summed E-state index contributed by atoms with van der Waals surface area (Å²) in [4.78, 5) is 12.7. The topological polar surface area (TPSA) is 56.1 Å². The molecule has 0 unspecified atom stereocenters. The second-order valence-electron chi connectivity index (χ2n) is 7.40. The van der Waals surface area contributed by atoms with Crippen molar-refractivity contribution in [3.05, 3.63) is 110 Å². The van der Waals surface area contributed by atoms with Crippen molar-refractivity contribution in [3.63, 3.8) is 0 Å². The Labute approximate surface area is 210 Å². The molecule has 0 fully saturated rings. The molecule has 168 valence electrons. The van der Waals surface area contributed by atoms with E-state index >= 15 is 0 Å². The Morgan fingerprint density at radius 1 is 1.03 bits per heavy atom. The molecule has 0 saturated heterocycles. The van der Waals surface area contributed by atoms with Crippen molar-refractivity contribution in [2.45, 2.75) is 20.1 Å². The Kier molecular flexibility index (Phi) is 7.38. The predicted octanol–water partition coefficient (Wildman–Crippen LogP) is 7.14. The van der Waals surface area contributed by atoms with Gasteiger partial charge in [0, 0.05) is 32.9 Å². The van der Waals surface area contributed by atoms with Gasteiger partial charge in [-0.2, -0.15) is 5.10 Å². The van der Waals surface area contributed by atoms with Crippen LogP contribution in [0.25, 0.3) is 0 Å². The van der Waals surface area contributed by atoms with Gasteiger partial charge in [-0.05, 0) is 64.8 Å². The van der Waals surface area contributed by atoms with Gasteiger partial charge in [0.1, 0.15) is 12.4 Å². The highest BCUT2D eigenvalue weighted by molar-refractivity contribution is 9.10. The van der Waals surface area contributed by atoms with Crippen molar-refractivity contribution in [3.8, 4) is 5.75 Å². The standard InChI is InChI=1S/C25H20BrCl2N3O2/c1-16-13-24(30-31(16)14-19-21(27)6-4-7-22(19)28)29-25(32)18-11-9-17(10-12-18)15-33-23-8-3-2-5-20(23)26/h2-13H,14-15H2,1H3,(H,29,30,32). The smallest absolute Gasteiger partial charge is 0.256 e. The van der Waals surface area contributed by atoms with Gasteiger partial charge in [0.15, 0.2) is 5.82 Å². The van der Waals surface area contributed by atoms with Gasteiger partial charge in [0.2, 0.25) is 0 Å². The van der Waals surface area contributed by atoms with Gasteiger partial charge in [-0.1, -0.05) is 53.5 Å². The molecule has 5 nitrogen and oxygen atoms in total. The lowest BCUT2D eigenvalue weighted by Crippen LogP contribution is -2.13. The number of aromatic nitrogens is 2. The lowest BCUT2D eigenvalue weighted by atomic mass is 10.1. The third-order valence-corrected chi connectivity index (χ3v) is 6.40. The first-order valence-electron chi connectivity index (χ1n) is 10.2. The van der Waals surface area contributed by atoms with E-state index in [1.165, 1.54) is 0 Å². The van der Waals surface area contributed by atoms with E-state index in [2.05, 4.69) is 26.3 Å². The number of nitrogens with one attached hydrogen (secondary N) is 1. The highest BCUT2D eigenvalue weighted by Gasteiger charge is 2.13. The molecule has 0 aliphatic carbocycles. The molecular formula is C25H20BrCl2N3O2. The normalized spacial score (nSPS) is 10.8. The van der Waals surface area contributed by atoms with Crippen LogP contribution in [0, 0.1) is 6.92 Å². The number of ether oxygens (including phenoxy) is 1. The summed E-state index contributed by atoms with van der Waals surface area (Å²) >= 11 is 16.0. The highest BCUT2D eigenvalue weighted by Crippen LogP contribution is 2.26. The van der Waals surface area contributed by atoms with E-state index in [0.717, 1.165) is 27.0 Å². The summed E-state index contributed by atoms with van der Waals surface area (Å²) in [5, 5.41) is 8.48. The van der Waals surface area contributed by atoms with Crippen molar-refractivity contribution in [1.29, 1.82) is 0 Å². The molecule has 0 atom stereocenters. The minimum Gasteiger partial charge on any atom is -0.488 e. The van der Waals surface area contributed by atoms with Crippen LogP contribution in [0.5, 0.6) is 5.75 Å². The number of benzene rings is 3. The fourth-order valence-electron chi connectivity index (χ4n) is 3.23. The predicted molar refractivity (Wildman–Crippen MR) is 135 cm³/mol. The zero-order valence-electron chi connectivity index (χ0n) is 17.7. The van der Waals surface area contributed by atoms with Gasteiger partial charge in [-0.15, -0.1) is 0 Å². The number of nitrogens with zero attached hydrogens (tertiary/aromatic N) is 2. The van der Waals surface area contributed by atoms with Gasteiger partial charge >= 0.3 is 0 Å². The second kappa shape index (κ2) is 10.4. The molecule has 8 heteroatoms. The van der Waals surface area contributed by atoms with Crippen molar-refractivity contribution < 1.29 is 9.53 Å². The average molecular weight is 545 g/mol. The zero-order valence-corrected chi connectivity index (χ0v) is 20.8. The number of para-hydroxylation sites is 1. The zero-order chi connectivity index (χ0) is 23.4. The number of hydrogen-bond donors (Lipinski definition) is 1. The summed E-state index contributed by atoms with van der Waals surface area (Å²) in [7, 11) is 0. The number of rotatable bonds is 7. The van der Waals surface area contributed by atoms with Crippen LogP contribution in [-0.4, -0.2) is 15.7 Å². The van der Waals surface area contributed by atoms with Crippen molar-refractivity contribution in [1.82, 2.24) is 9.78 Å². The number of aryl methyl sites for hydroxylation is 1. The quantitative estimate of drug-likeness (QED) is 0.269. The van der Waals surface area contributed by atoms with Crippen LogP contribution in [0.3, 0.4) is 0 Å². The van der Waals surface area contributed by atoms with Gasteiger partial charge in [-0.3, -0.25) is 9.48 Å². The minimum absolute atomic E-state index is 0.242. The Hall–Kier alpha value is -2.80. The van der Waals surface area contributed by atoms with Crippen LogP contribution in [0.4, 0.5) is 5.82 Å². The van der Waals surface area contributed by atoms with E-state index in [-0.39, 0.29) is 5.91 Å². The molecule has 0 saturated carbocycles. The van der Waals surface area contributed by atoms with E-state index in [1.807, 2.05) is 49.4 Å². The highest BCUT2D eigenvalue weighted by atomic mass is 79.9. The first-order chi connectivity index (χ1) is 15.9. The maximum atomic E-state index is 12.7. The van der Waals surface area contributed by atoms with Crippen molar-refractivity contribution in [2.24, 2.45) is 0 Å².